The molecule has 4 unspecified atom stereocenters. The van der Waals surface area contributed by atoms with Gasteiger partial charge in [-0.05, 0) is 44.4 Å². The van der Waals surface area contributed by atoms with E-state index in [2.05, 4.69) is 5.32 Å². The first-order valence-electron chi connectivity index (χ1n) is 9.52. The lowest BCUT2D eigenvalue weighted by molar-refractivity contribution is -0.141. The molecule has 2 heterocycles. The quantitative estimate of drug-likeness (QED) is 0.718. The highest BCUT2D eigenvalue weighted by Gasteiger charge is 2.55. The normalized spacial score (nSPS) is 33.0. The summed E-state index contributed by atoms with van der Waals surface area (Å²) in [5.74, 6) is 0.00828. The van der Waals surface area contributed by atoms with Crippen molar-refractivity contribution in [2.24, 2.45) is 17.6 Å². The monoisotopic (exact) mass is 386 g/mol. The van der Waals surface area contributed by atoms with Gasteiger partial charge in [-0.25, -0.2) is 4.79 Å². The van der Waals surface area contributed by atoms with Gasteiger partial charge in [0, 0.05) is 19.1 Å². The van der Waals surface area contributed by atoms with Crippen LogP contribution in [0.4, 0.5) is 4.79 Å². The van der Waals surface area contributed by atoms with Crippen molar-refractivity contribution in [2.75, 3.05) is 19.6 Å². The highest BCUT2D eigenvalue weighted by Crippen LogP contribution is 2.38. The maximum absolute atomic E-state index is 12.9. The second-order valence-electron chi connectivity index (χ2n) is 8.04. The average molecular weight is 387 g/mol. The average Bonchev–Trinajstić information content (AvgIpc) is 2.82. The fraction of sp³-hybridized carbons (Fsp3) is 0.833. The number of hydrogen-bond acceptors (Lipinski definition) is 4. The summed E-state index contributed by atoms with van der Waals surface area (Å²) in [4.78, 5) is 40.9. The Morgan fingerprint density at radius 2 is 2.04 bits per heavy atom. The van der Waals surface area contributed by atoms with Gasteiger partial charge >= 0.3 is 6.03 Å². The first kappa shape index (κ1) is 21.0. The second-order valence-corrected chi connectivity index (χ2v) is 8.04. The molecule has 1 spiro atoms. The molecule has 2 aliphatic heterocycles. The van der Waals surface area contributed by atoms with E-state index < -0.39 is 11.6 Å². The van der Waals surface area contributed by atoms with E-state index in [4.69, 9.17) is 5.73 Å². The van der Waals surface area contributed by atoms with Crippen molar-refractivity contribution in [3.05, 3.63) is 0 Å². The molecule has 3 N–H and O–H groups in total. The number of imide groups is 1. The van der Waals surface area contributed by atoms with Gasteiger partial charge in [0.05, 0.1) is 0 Å². The van der Waals surface area contributed by atoms with Gasteiger partial charge in [-0.15, -0.1) is 12.4 Å². The van der Waals surface area contributed by atoms with E-state index in [1.807, 2.05) is 13.8 Å². The third-order valence-corrected chi connectivity index (χ3v) is 6.35. The lowest BCUT2D eigenvalue weighted by Gasteiger charge is -2.37. The van der Waals surface area contributed by atoms with Crippen LogP contribution < -0.4 is 11.1 Å². The molecule has 3 fully saturated rings. The van der Waals surface area contributed by atoms with Gasteiger partial charge < -0.3 is 16.0 Å². The van der Waals surface area contributed by atoms with E-state index in [1.54, 1.807) is 4.90 Å². The van der Waals surface area contributed by atoms with Crippen LogP contribution in [0.3, 0.4) is 0 Å². The molecule has 2 saturated heterocycles. The largest absolute Gasteiger partial charge is 0.341 e. The van der Waals surface area contributed by atoms with E-state index in [-0.39, 0.29) is 48.6 Å². The van der Waals surface area contributed by atoms with Crippen LogP contribution in [0.1, 0.15) is 52.4 Å². The number of carbonyl (C=O) groups is 3. The van der Waals surface area contributed by atoms with Gasteiger partial charge in [0.2, 0.25) is 5.91 Å². The van der Waals surface area contributed by atoms with Crippen LogP contribution in [0, 0.1) is 11.8 Å². The molecule has 3 aliphatic rings. The number of likely N-dealkylation sites (tertiary alicyclic amines) is 1. The maximum Gasteiger partial charge on any atom is 0.325 e. The fourth-order valence-corrected chi connectivity index (χ4v) is 4.54. The van der Waals surface area contributed by atoms with Crippen LogP contribution in [-0.2, 0) is 9.59 Å². The molecule has 4 atom stereocenters. The third-order valence-electron chi connectivity index (χ3n) is 6.35. The number of halogens is 1. The molecule has 4 amide bonds. The number of urea groups is 1. The van der Waals surface area contributed by atoms with Gasteiger partial charge in [0.1, 0.15) is 12.1 Å². The summed E-state index contributed by atoms with van der Waals surface area (Å²) >= 11 is 0. The number of nitrogens with two attached hydrogens (primary N) is 1. The first-order valence-corrected chi connectivity index (χ1v) is 9.52. The molecular formula is C18H31ClN4O3. The summed E-state index contributed by atoms with van der Waals surface area (Å²) < 4.78 is 0. The lowest BCUT2D eigenvalue weighted by Crippen LogP contribution is -2.54. The number of piperidine rings is 1. The summed E-state index contributed by atoms with van der Waals surface area (Å²) in [6.45, 7) is 5.10. The lowest BCUT2D eigenvalue weighted by atomic mass is 9.73. The van der Waals surface area contributed by atoms with Crippen LogP contribution in [0.25, 0.3) is 0 Å². The third kappa shape index (κ3) is 3.69. The number of rotatable bonds is 3. The van der Waals surface area contributed by atoms with Crippen LogP contribution >= 0.6 is 12.4 Å². The van der Waals surface area contributed by atoms with Crippen molar-refractivity contribution in [1.29, 1.82) is 0 Å². The van der Waals surface area contributed by atoms with Crippen molar-refractivity contribution in [3.63, 3.8) is 0 Å². The Bertz CT molecular complexity index is 571. The number of nitrogens with zero attached hydrogens (tertiary/aromatic N) is 2. The predicted molar refractivity (Wildman–Crippen MR) is 101 cm³/mol. The number of nitrogens with one attached hydrogen (secondary N) is 1. The summed E-state index contributed by atoms with van der Waals surface area (Å²) in [5, 5.41) is 2.90. The number of carbonyl (C=O) groups excluding carboxylic acids is 3. The molecule has 0 bridgehead atoms. The zero-order chi connectivity index (χ0) is 18.2. The van der Waals surface area contributed by atoms with Crippen LogP contribution in [-0.4, -0.2) is 58.9 Å². The molecule has 26 heavy (non-hydrogen) atoms. The predicted octanol–water partition coefficient (Wildman–Crippen LogP) is 1.49. The summed E-state index contributed by atoms with van der Waals surface area (Å²) in [6, 6.07) is -0.383. The van der Waals surface area contributed by atoms with Gasteiger partial charge in [0.25, 0.3) is 5.91 Å². The Morgan fingerprint density at radius 3 is 2.69 bits per heavy atom. The van der Waals surface area contributed by atoms with Gasteiger partial charge in [0.15, 0.2) is 0 Å². The number of hydrogen-bond donors (Lipinski definition) is 2. The standard InChI is InChI=1S/C18H30N4O3.ClH/c1-12-6-3-4-8-18(12)16(24)22(17(25)20-18)11-15(23)21-9-5-7-14(10-21)13(2)19;/h12-14H,3-11,19H2,1-2H3,(H,20,25);1H. The Labute approximate surface area is 161 Å². The zero-order valence-corrected chi connectivity index (χ0v) is 16.5. The van der Waals surface area contributed by atoms with Crippen LogP contribution in [0.2, 0.25) is 0 Å². The minimum absolute atomic E-state index is 0. The molecule has 1 saturated carbocycles. The Morgan fingerprint density at radius 1 is 1.31 bits per heavy atom. The van der Waals surface area contributed by atoms with Crippen LogP contribution in [0.15, 0.2) is 0 Å². The second kappa shape index (κ2) is 8.13. The van der Waals surface area contributed by atoms with Crippen molar-refractivity contribution in [1.82, 2.24) is 15.1 Å². The highest BCUT2D eigenvalue weighted by molar-refractivity contribution is 6.09. The zero-order valence-electron chi connectivity index (χ0n) is 15.7. The Kier molecular flexibility index (Phi) is 6.55. The molecule has 0 radical (unpaired) electrons. The molecule has 3 rings (SSSR count). The molecule has 0 aromatic rings. The summed E-state index contributed by atoms with van der Waals surface area (Å²) in [7, 11) is 0. The molecule has 7 nitrogen and oxygen atoms in total. The van der Waals surface area contributed by atoms with E-state index in [9.17, 15) is 14.4 Å². The van der Waals surface area contributed by atoms with Crippen molar-refractivity contribution >= 4 is 30.3 Å². The van der Waals surface area contributed by atoms with Crippen LogP contribution in [0.5, 0.6) is 0 Å². The first-order chi connectivity index (χ1) is 11.8. The molecule has 8 heteroatoms. The Balaban J connectivity index is 0.00000243. The number of amides is 4. The molecule has 1 aliphatic carbocycles. The molecular weight excluding hydrogens is 356 g/mol. The van der Waals surface area contributed by atoms with E-state index >= 15 is 0 Å². The smallest absolute Gasteiger partial charge is 0.325 e. The molecule has 0 aromatic heterocycles. The van der Waals surface area contributed by atoms with Gasteiger partial charge in [-0.1, -0.05) is 19.8 Å². The van der Waals surface area contributed by atoms with E-state index in [0.29, 0.717) is 19.5 Å². The van der Waals surface area contributed by atoms with Crippen molar-refractivity contribution < 1.29 is 14.4 Å². The topological polar surface area (TPSA) is 95.7 Å². The SMILES string of the molecule is CC(N)C1CCCN(C(=O)CN2C(=O)NC3(CCCCC3C)C2=O)C1.Cl. The van der Waals surface area contributed by atoms with Crippen molar-refractivity contribution in [2.45, 2.75) is 64.0 Å². The molecule has 148 valence electrons. The molecule has 0 aromatic carbocycles. The minimum atomic E-state index is -0.800. The van der Waals surface area contributed by atoms with Gasteiger partial charge in [-0.3, -0.25) is 14.5 Å². The highest BCUT2D eigenvalue weighted by atomic mass is 35.5. The van der Waals surface area contributed by atoms with E-state index in [1.165, 1.54) is 0 Å². The summed E-state index contributed by atoms with van der Waals surface area (Å²) in [5.41, 5.74) is 5.18. The minimum Gasteiger partial charge on any atom is -0.341 e. The fourth-order valence-electron chi connectivity index (χ4n) is 4.54. The van der Waals surface area contributed by atoms with E-state index in [0.717, 1.165) is 37.0 Å². The maximum atomic E-state index is 12.9. The Hall–Kier alpha value is -1.34. The summed E-state index contributed by atoms with van der Waals surface area (Å²) in [6.07, 6.45) is 5.54. The van der Waals surface area contributed by atoms with Gasteiger partial charge in [-0.2, -0.15) is 0 Å². The van der Waals surface area contributed by atoms with Crippen molar-refractivity contribution in [3.8, 4) is 0 Å².